The maximum absolute atomic E-state index is 11.5. The Kier molecular flexibility index (Phi) is 7.26. The van der Waals surface area contributed by atoms with E-state index in [1.54, 1.807) is 11.6 Å². The van der Waals surface area contributed by atoms with Crippen LogP contribution in [0.15, 0.2) is 10.9 Å². The molecule has 0 bridgehead atoms. The molecule has 0 aliphatic carbocycles. The molecule has 0 N–H and O–H groups in total. The molecular formula is C14H23N3OS2. The van der Waals surface area contributed by atoms with Crippen LogP contribution in [0.2, 0.25) is 0 Å². The SMILES string of the molecule is CCCN(CCCCN(C)c1cc(=S)c1=O)N(C)C=S. The van der Waals surface area contributed by atoms with E-state index in [0.29, 0.717) is 4.51 Å². The van der Waals surface area contributed by atoms with Gasteiger partial charge in [-0.3, -0.25) is 4.79 Å². The maximum atomic E-state index is 11.5. The standard InChI is InChI=1S/C14H23N3OS2/c1-4-7-17(16(3)11-19)9-6-5-8-15(2)12-10-13(20)14(12)18/h10-11H,4-9H2,1-3H3. The zero-order chi connectivity index (χ0) is 15.1. The van der Waals surface area contributed by atoms with Gasteiger partial charge in [-0.05, 0) is 25.3 Å². The predicted octanol–water partition coefficient (Wildman–Crippen LogP) is 2.38. The van der Waals surface area contributed by atoms with Gasteiger partial charge in [0.25, 0.3) is 0 Å². The number of nitrogens with zero attached hydrogens (tertiary/aromatic N) is 3. The van der Waals surface area contributed by atoms with Crippen LogP contribution in [-0.2, 0) is 0 Å². The Labute approximate surface area is 131 Å². The molecule has 0 aliphatic rings. The first-order valence-electron chi connectivity index (χ1n) is 6.95. The van der Waals surface area contributed by atoms with Crippen molar-refractivity contribution >= 4 is 35.6 Å². The summed E-state index contributed by atoms with van der Waals surface area (Å²) in [5.74, 6) is 0. The molecule has 1 aromatic rings. The molecule has 1 rings (SSSR count). The van der Waals surface area contributed by atoms with Gasteiger partial charge in [-0.15, -0.1) is 0 Å². The number of hydrogen-bond acceptors (Lipinski definition) is 5. The lowest BCUT2D eigenvalue weighted by atomic mass is 10.2. The van der Waals surface area contributed by atoms with E-state index in [4.69, 9.17) is 24.4 Å². The lowest BCUT2D eigenvalue weighted by Gasteiger charge is -2.30. The third kappa shape index (κ3) is 4.61. The molecule has 0 aliphatic heterocycles. The highest BCUT2D eigenvalue weighted by atomic mass is 32.1. The van der Waals surface area contributed by atoms with Gasteiger partial charge in [-0.2, -0.15) is 0 Å². The Hall–Kier alpha value is -0.850. The van der Waals surface area contributed by atoms with E-state index >= 15 is 0 Å². The first-order chi connectivity index (χ1) is 9.51. The molecule has 0 saturated heterocycles. The zero-order valence-electron chi connectivity index (χ0n) is 12.5. The number of hydrogen-bond donors (Lipinski definition) is 0. The lowest BCUT2D eigenvalue weighted by molar-refractivity contribution is 0.0754. The van der Waals surface area contributed by atoms with E-state index in [9.17, 15) is 4.79 Å². The summed E-state index contributed by atoms with van der Waals surface area (Å²) in [4.78, 5) is 13.5. The molecule has 0 aromatic heterocycles. The molecule has 1 aromatic carbocycles. The van der Waals surface area contributed by atoms with Crippen LogP contribution in [0.25, 0.3) is 0 Å². The van der Waals surface area contributed by atoms with Gasteiger partial charge in [-0.1, -0.05) is 31.4 Å². The molecule has 0 atom stereocenters. The molecule has 0 unspecified atom stereocenters. The Morgan fingerprint density at radius 2 is 1.85 bits per heavy atom. The Balaban J connectivity index is 2.30. The minimum absolute atomic E-state index is 0.00977. The molecule has 0 saturated carbocycles. The Morgan fingerprint density at radius 3 is 2.35 bits per heavy atom. The van der Waals surface area contributed by atoms with Gasteiger partial charge in [0.1, 0.15) is 0 Å². The van der Waals surface area contributed by atoms with Crippen LogP contribution in [0.4, 0.5) is 5.69 Å². The number of hydrazine groups is 1. The van der Waals surface area contributed by atoms with Crippen LogP contribution < -0.4 is 10.3 Å². The summed E-state index contributed by atoms with van der Waals surface area (Å²) in [6.45, 7) is 5.03. The second kappa shape index (κ2) is 8.44. The van der Waals surface area contributed by atoms with Gasteiger partial charge in [0.15, 0.2) is 0 Å². The lowest BCUT2D eigenvalue weighted by Crippen LogP contribution is -2.39. The van der Waals surface area contributed by atoms with Crippen LogP contribution in [0.5, 0.6) is 0 Å². The Morgan fingerprint density at radius 1 is 1.20 bits per heavy atom. The minimum Gasteiger partial charge on any atom is -0.371 e. The van der Waals surface area contributed by atoms with Crippen LogP contribution in [-0.4, -0.2) is 49.2 Å². The number of unbranched alkanes of at least 4 members (excludes halogenated alkanes) is 1. The largest absolute Gasteiger partial charge is 0.371 e. The minimum atomic E-state index is 0.00977. The highest BCUT2D eigenvalue weighted by Crippen LogP contribution is 2.11. The summed E-state index contributed by atoms with van der Waals surface area (Å²) in [5.41, 5.74) is 2.42. The summed E-state index contributed by atoms with van der Waals surface area (Å²) in [7, 11) is 3.92. The van der Waals surface area contributed by atoms with Crippen LogP contribution in [0, 0.1) is 4.51 Å². The molecule has 0 spiro atoms. The summed E-state index contributed by atoms with van der Waals surface area (Å²) < 4.78 is 0.448. The molecule has 4 nitrogen and oxygen atoms in total. The first kappa shape index (κ1) is 17.2. The molecular weight excluding hydrogens is 290 g/mol. The van der Waals surface area contributed by atoms with Crippen molar-refractivity contribution in [3.63, 3.8) is 0 Å². The number of thiocarbonyl (C=S) groups is 1. The van der Waals surface area contributed by atoms with Gasteiger partial charge < -0.3 is 9.91 Å². The van der Waals surface area contributed by atoms with Crippen molar-refractivity contribution < 1.29 is 0 Å². The highest BCUT2D eigenvalue weighted by Gasteiger charge is 2.11. The molecule has 0 heterocycles. The van der Waals surface area contributed by atoms with Gasteiger partial charge in [-0.25, -0.2) is 5.01 Å². The van der Waals surface area contributed by atoms with Gasteiger partial charge in [0.2, 0.25) is 5.43 Å². The van der Waals surface area contributed by atoms with Crippen LogP contribution in [0.1, 0.15) is 26.2 Å². The van der Waals surface area contributed by atoms with Gasteiger partial charge >= 0.3 is 0 Å². The fourth-order valence-electron chi connectivity index (χ4n) is 2.10. The van der Waals surface area contributed by atoms with Crippen molar-refractivity contribution in [1.82, 2.24) is 10.0 Å². The topological polar surface area (TPSA) is 26.8 Å². The van der Waals surface area contributed by atoms with E-state index in [0.717, 1.165) is 44.6 Å². The average molecular weight is 313 g/mol. The van der Waals surface area contributed by atoms with Gasteiger partial charge in [0, 0.05) is 33.7 Å². The van der Waals surface area contributed by atoms with Gasteiger partial charge in [0.05, 0.1) is 15.7 Å². The normalized spacial score (nSPS) is 11.0. The van der Waals surface area contributed by atoms with Crippen molar-refractivity contribution in [2.45, 2.75) is 26.2 Å². The summed E-state index contributed by atoms with van der Waals surface area (Å²) >= 11 is 9.83. The molecule has 112 valence electrons. The molecule has 0 amide bonds. The van der Waals surface area contributed by atoms with Crippen LogP contribution in [0.3, 0.4) is 0 Å². The monoisotopic (exact) mass is 313 g/mol. The smallest absolute Gasteiger partial charge is 0.219 e. The fourth-order valence-corrected chi connectivity index (χ4v) is 2.45. The fraction of sp³-hybridized carbons (Fsp3) is 0.643. The van der Waals surface area contributed by atoms with Crippen molar-refractivity contribution in [2.75, 3.05) is 38.6 Å². The quantitative estimate of drug-likeness (QED) is 0.374. The molecule has 20 heavy (non-hydrogen) atoms. The van der Waals surface area contributed by atoms with E-state index in [-0.39, 0.29) is 5.43 Å². The summed E-state index contributed by atoms with van der Waals surface area (Å²) in [6, 6.07) is 1.78. The predicted molar refractivity (Wildman–Crippen MR) is 91.7 cm³/mol. The van der Waals surface area contributed by atoms with Crippen LogP contribution >= 0.6 is 24.4 Å². The summed E-state index contributed by atoms with van der Waals surface area (Å²) in [5, 5.41) is 4.22. The van der Waals surface area contributed by atoms with Crippen molar-refractivity contribution in [2.24, 2.45) is 0 Å². The third-order valence-electron chi connectivity index (χ3n) is 3.38. The zero-order valence-corrected chi connectivity index (χ0v) is 14.1. The highest BCUT2D eigenvalue weighted by molar-refractivity contribution is 7.78. The average Bonchev–Trinajstić information content (AvgIpc) is 2.46. The van der Waals surface area contributed by atoms with E-state index in [1.807, 2.05) is 24.0 Å². The third-order valence-corrected chi connectivity index (χ3v) is 3.98. The second-order valence-electron chi connectivity index (χ2n) is 4.98. The second-order valence-corrected chi connectivity index (χ2v) is 5.64. The van der Waals surface area contributed by atoms with Crippen molar-refractivity contribution in [1.29, 1.82) is 0 Å². The number of rotatable bonds is 10. The van der Waals surface area contributed by atoms with E-state index in [2.05, 4.69) is 11.9 Å². The van der Waals surface area contributed by atoms with E-state index < -0.39 is 0 Å². The molecule has 6 heteroatoms. The van der Waals surface area contributed by atoms with E-state index in [1.165, 1.54) is 0 Å². The van der Waals surface area contributed by atoms with Crippen molar-refractivity contribution in [3.8, 4) is 0 Å². The first-order valence-corrected chi connectivity index (χ1v) is 7.83. The molecule has 0 radical (unpaired) electrons. The summed E-state index contributed by atoms with van der Waals surface area (Å²) in [6.07, 6.45) is 3.22. The number of anilines is 1. The Bertz CT molecular complexity index is 496. The molecule has 0 fully saturated rings. The maximum Gasteiger partial charge on any atom is 0.219 e. The van der Waals surface area contributed by atoms with Crippen molar-refractivity contribution in [3.05, 3.63) is 20.8 Å².